The molecule has 1 heterocycles. The van der Waals surface area contributed by atoms with E-state index in [9.17, 15) is 5.11 Å². The molecule has 0 radical (unpaired) electrons. The second-order valence-electron chi connectivity index (χ2n) is 4.49. The van der Waals surface area contributed by atoms with Crippen LogP contribution in [0.15, 0.2) is 34.9 Å². The molecule has 0 amide bonds. The molecular formula is C14H18BrN3O2. The van der Waals surface area contributed by atoms with Crippen LogP contribution in [0, 0.1) is 0 Å². The number of aromatic amines is 1. The van der Waals surface area contributed by atoms with Gasteiger partial charge in [-0.1, -0.05) is 28.1 Å². The molecule has 0 saturated carbocycles. The molecule has 2 rings (SSSR count). The van der Waals surface area contributed by atoms with Crippen LogP contribution in [-0.2, 0) is 11.3 Å². The lowest BCUT2D eigenvalue weighted by Gasteiger charge is -2.09. The maximum Gasteiger partial charge on any atom is 0.120 e. The summed E-state index contributed by atoms with van der Waals surface area (Å²) in [6, 6.07) is 8.04. The van der Waals surface area contributed by atoms with E-state index in [1.165, 1.54) is 0 Å². The van der Waals surface area contributed by atoms with Gasteiger partial charge in [0.05, 0.1) is 31.1 Å². The van der Waals surface area contributed by atoms with Crippen molar-refractivity contribution in [2.45, 2.75) is 12.6 Å². The SMILES string of the molecule is COCC(O)CNCc1ncc(-c2ccc(Br)cc2)[nH]1. The summed E-state index contributed by atoms with van der Waals surface area (Å²) in [6.45, 7) is 1.38. The third-order valence-corrected chi connectivity index (χ3v) is 3.34. The Hall–Kier alpha value is -1.21. The zero-order chi connectivity index (χ0) is 14.4. The van der Waals surface area contributed by atoms with E-state index in [4.69, 9.17) is 4.74 Å². The van der Waals surface area contributed by atoms with E-state index in [-0.39, 0.29) is 0 Å². The van der Waals surface area contributed by atoms with Gasteiger partial charge >= 0.3 is 0 Å². The molecule has 1 aromatic heterocycles. The number of H-pyrrole nitrogens is 1. The summed E-state index contributed by atoms with van der Waals surface area (Å²) >= 11 is 3.41. The van der Waals surface area contributed by atoms with Crippen molar-refractivity contribution in [3.8, 4) is 11.3 Å². The zero-order valence-corrected chi connectivity index (χ0v) is 12.9. The number of ether oxygens (including phenoxy) is 1. The molecular weight excluding hydrogens is 322 g/mol. The molecule has 1 unspecified atom stereocenters. The normalized spacial score (nSPS) is 12.6. The maximum atomic E-state index is 9.51. The lowest BCUT2D eigenvalue weighted by atomic mass is 10.2. The highest BCUT2D eigenvalue weighted by molar-refractivity contribution is 9.10. The van der Waals surface area contributed by atoms with Gasteiger partial charge in [0.1, 0.15) is 5.82 Å². The summed E-state index contributed by atoms with van der Waals surface area (Å²) in [5, 5.41) is 12.6. The number of aliphatic hydroxyl groups excluding tert-OH is 1. The molecule has 0 fully saturated rings. The van der Waals surface area contributed by atoms with Gasteiger partial charge in [-0.2, -0.15) is 0 Å². The predicted octanol–water partition coefficient (Wildman–Crippen LogP) is 1.94. The van der Waals surface area contributed by atoms with E-state index in [1.54, 1.807) is 7.11 Å². The standard InChI is InChI=1S/C14H18BrN3O2/c1-20-9-12(19)6-16-8-14-17-7-13(18-14)10-2-4-11(15)5-3-10/h2-5,7,12,16,19H,6,8-9H2,1H3,(H,17,18). The molecule has 0 aliphatic rings. The second kappa shape index (κ2) is 7.54. The first-order chi connectivity index (χ1) is 9.69. The van der Waals surface area contributed by atoms with E-state index in [0.29, 0.717) is 19.7 Å². The predicted molar refractivity (Wildman–Crippen MR) is 81.3 cm³/mol. The summed E-state index contributed by atoms with van der Waals surface area (Å²) < 4.78 is 5.91. The van der Waals surface area contributed by atoms with Gasteiger partial charge in [-0.05, 0) is 17.7 Å². The summed E-state index contributed by atoms with van der Waals surface area (Å²) in [5.74, 6) is 0.840. The van der Waals surface area contributed by atoms with Crippen molar-refractivity contribution >= 4 is 15.9 Å². The number of nitrogens with one attached hydrogen (secondary N) is 2. The molecule has 5 nitrogen and oxygen atoms in total. The largest absolute Gasteiger partial charge is 0.389 e. The molecule has 0 saturated heterocycles. The zero-order valence-electron chi connectivity index (χ0n) is 11.3. The summed E-state index contributed by atoms with van der Waals surface area (Å²) in [5.41, 5.74) is 2.07. The van der Waals surface area contributed by atoms with Crippen LogP contribution in [0.1, 0.15) is 5.82 Å². The number of methoxy groups -OCH3 is 1. The molecule has 1 aromatic carbocycles. The molecule has 0 aliphatic carbocycles. The van der Waals surface area contributed by atoms with Gasteiger partial charge in [0.2, 0.25) is 0 Å². The minimum absolute atomic E-state index is 0.329. The molecule has 0 aliphatic heterocycles. The van der Waals surface area contributed by atoms with Crippen LogP contribution in [0.3, 0.4) is 0 Å². The average molecular weight is 340 g/mol. The van der Waals surface area contributed by atoms with Gasteiger partial charge in [-0.3, -0.25) is 0 Å². The maximum absolute atomic E-state index is 9.51. The van der Waals surface area contributed by atoms with Crippen LogP contribution in [0.25, 0.3) is 11.3 Å². The fourth-order valence-electron chi connectivity index (χ4n) is 1.84. The van der Waals surface area contributed by atoms with E-state index >= 15 is 0 Å². The smallest absolute Gasteiger partial charge is 0.120 e. The van der Waals surface area contributed by atoms with Crippen LogP contribution >= 0.6 is 15.9 Å². The van der Waals surface area contributed by atoms with Gasteiger partial charge in [-0.25, -0.2) is 4.98 Å². The van der Waals surface area contributed by atoms with E-state index in [2.05, 4.69) is 31.2 Å². The lowest BCUT2D eigenvalue weighted by molar-refractivity contribution is 0.0643. The van der Waals surface area contributed by atoms with Crippen LogP contribution in [0.4, 0.5) is 0 Å². The Balaban J connectivity index is 1.87. The third kappa shape index (κ3) is 4.42. The Morgan fingerprint density at radius 1 is 1.40 bits per heavy atom. The first-order valence-electron chi connectivity index (χ1n) is 6.36. The Morgan fingerprint density at radius 3 is 2.85 bits per heavy atom. The molecule has 108 valence electrons. The van der Waals surface area contributed by atoms with Crippen LogP contribution in [-0.4, -0.2) is 41.4 Å². The molecule has 6 heteroatoms. The quantitative estimate of drug-likeness (QED) is 0.720. The molecule has 20 heavy (non-hydrogen) atoms. The van der Waals surface area contributed by atoms with Crippen LogP contribution in [0.2, 0.25) is 0 Å². The fraction of sp³-hybridized carbons (Fsp3) is 0.357. The van der Waals surface area contributed by atoms with Crippen molar-refractivity contribution in [1.29, 1.82) is 0 Å². The third-order valence-electron chi connectivity index (χ3n) is 2.82. The van der Waals surface area contributed by atoms with Gasteiger partial charge in [0.25, 0.3) is 0 Å². The average Bonchev–Trinajstić information content (AvgIpc) is 2.89. The molecule has 0 bridgehead atoms. The first kappa shape index (κ1) is 15.2. The highest BCUT2D eigenvalue weighted by atomic mass is 79.9. The molecule has 3 N–H and O–H groups in total. The Kier molecular flexibility index (Phi) is 5.72. The minimum Gasteiger partial charge on any atom is -0.389 e. The van der Waals surface area contributed by atoms with Gasteiger partial charge in [0.15, 0.2) is 0 Å². The molecule has 1 atom stereocenters. The lowest BCUT2D eigenvalue weighted by Crippen LogP contribution is -2.29. The van der Waals surface area contributed by atoms with Crippen LogP contribution < -0.4 is 5.32 Å². The Bertz CT molecular complexity index is 527. The number of aromatic nitrogens is 2. The number of benzene rings is 1. The Labute approximate surface area is 126 Å². The van der Waals surface area contributed by atoms with Gasteiger partial charge in [0, 0.05) is 18.1 Å². The van der Waals surface area contributed by atoms with Crippen molar-refractivity contribution in [2.24, 2.45) is 0 Å². The van der Waals surface area contributed by atoms with Crippen molar-refractivity contribution in [1.82, 2.24) is 15.3 Å². The number of hydrogen-bond donors (Lipinski definition) is 3. The first-order valence-corrected chi connectivity index (χ1v) is 7.16. The number of halogens is 1. The Morgan fingerprint density at radius 2 is 2.15 bits per heavy atom. The van der Waals surface area contributed by atoms with Gasteiger partial charge < -0.3 is 20.1 Å². The van der Waals surface area contributed by atoms with Crippen molar-refractivity contribution in [3.05, 3.63) is 40.8 Å². The van der Waals surface area contributed by atoms with E-state index < -0.39 is 6.10 Å². The topological polar surface area (TPSA) is 70.2 Å². The fourth-order valence-corrected chi connectivity index (χ4v) is 2.10. The summed E-state index contributed by atoms with van der Waals surface area (Å²) in [6.07, 6.45) is 1.31. The second-order valence-corrected chi connectivity index (χ2v) is 5.41. The number of imidazole rings is 1. The van der Waals surface area contributed by atoms with Crippen molar-refractivity contribution in [3.63, 3.8) is 0 Å². The number of nitrogens with zero attached hydrogens (tertiary/aromatic N) is 1. The van der Waals surface area contributed by atoms with E-state index in [1.807, 2.05) is 30.5 Å². The number of hydrogen-bond acceptors (Lipinski definition) is 4. The highest BCUT2D eigenvalue weighted by Crippen LogP contribution is 2.19. The monoisotopic (exact) mass is 339 g/mol. The minimum atomic E-state index is -0.499. The molecule has 0 spiro atoms. The number of aliphatic hydroxyl groups is 1. The van der Waals surface area contributed by atoms with Crippen molar-refractivity contribution in [2.75, 3.05) is 20.3 Å². The van der Waals surface area contributed by atoms with E-state index in [0.717, 1.165) is 21.6 Å². The van der Waals surface area contributed by atoms with Crippen LogP contribution in [0.5, 0.6) is 0 Å². The van der Waals surface area contributed by atoms with Gasteiger partial charge in [-0.15, -0.1) is 0 Å². The highest BCUT2D eigenvalue weighted by Gasteiger charge is 2.05. The summed E-state index contributed by atoms with van der Waals surface area (Å²) in [7, 11) is 1.57. The number of rotatable bonds is 7. The summed E-state index contributed by atoms with van der Waals surface area (Å²) in [4.78, 5) is 7.57. The molecule has 2 aromatic rings. The van der Waals surface area contributed by atoms with Crippen molar-refractivity contribution < 1.29 is 9.84 Å².